The zero-order chi connectivity index (χ0) is 24.1. The molecule has 0 spiro atoms. The first-order chi connectivity index (χ1) is 15.7. The number of benzene rings is 2. The van der Waals surface area contributed by atoms with E-state index in [2.05, 4.69) is 24.8 Å². The molecular formula is C27H36F2N2O2. The summed E-state index contributed by atoms with van der Waals surface area (Å²) in [6, 6.07) is 12.1. The third kappa shape index (κ3) is 6.32. The smallest absolute Gasteiger partial charge is 0.225 e. The predicted octanol–water partition coefficient (Wildman–Crippen LogP) is 5.33. The van der Waals surface area contributed by atoms with Crippen molar-refractivity contribution < 1.29 is 18.3 Å². The maximum Gasteiger partial charge on any atom is 0.225 e. The van der Waals surface area contributed by atoms with E-state index in [4.69, 9.17) is 4.74 Å². The monoisotopic (exact) mass is 458 g/mol. The Morgan fingerprint density at radius 1 is 1.09 bits per heavy atom. The molecule has 180 valence electrons. The molecule has 0 bridgehead atoms. The number of carbonyl (C=O) groups excluding carboxylic acids is 1. The molecule has 4 nitrogen and oxygen atoms in total. The fraction of sp³-hybridized carbons (Fsp3) is 0.519. The third-order valence-electron chi connectivity index (χ3n) is 6.29. The lowest BCUT2D eigenvalue weighted by molar-refractivity contribution is -0.135. The Bertz CT molecular complexity index is 947. The molecule has 0 unspecified atom stereocenters. The Labute approximate surface area is 196 Å². The number of amides is 1. The molecule has 2 aromatic rings. The highest BCUT2D eigenvalue weighted by atomic mass is 19.2. The zero-order valence-corrected chi connectivity index (χ0v) is 20.4. The Hall–Kier alpha value is -2.47. The van der Waals surface area contributed by atoms with Crippen LogP contribution in [0.2, 0.25) is 0 Å². The second-order valence-corrected chi connectivity index (χ2v) is 9.84. The number of rotatable bonds is 9. The van der Waals surface area contributed by atoms with Gasteiger partial charge in [-0.2, -0.15) is 0 Å². The van der Waals surface area contributed by atoms with Crippen molar-refractivity contribution in [3.8, 4) is 5.75 Å². The van der Waals surface area contributed by atoms with Gasteiger partial charge in [-0.3, -0.25) is 9.69 Å². The Balaban J connectivity index is 1.88. The van der Waals surface area contributed by atoms with E-state index in [0.717, 1.165) is 36.5 Å². The molecule has 1 aliphatic rings. The number of likely N-dealkylation sites (tertiary alicyclic amines) is 1. The van der Waals surface area contributed by atoms with Gasteiger partial charge in [0.05, 0.1) is 7.11 Å². The summed E-state index contributed by atoms with van der Waals surface area (Å²) in [4.78, 5) is 17.3. The summed E-state index contributed by atoms with van der Waals surface area (Å²) >= 11 is 0. The minimum Gasteiger partial charge on any atom is -0.496 e. The van der Waals surface area contributed by atoms with Crippen LogP contribution in [0.3, 0.4) is 0 Å². The Kier molecular flexibility index (Phi) is 8.46. The number of halogens is 2. The average Bonchev–Trinajstić information content (AvgIpc) is 3.16. The molecule has 0 saturated carbocycles. The van der Waals surface area contributed by atoms with Gasteiger partial charge in [-0.05, 0) is 41.2 Å². The van der Waals surface area contributed by atoms with Gasteiger partial charge in [-0.1, -0.05) is 52.0 Å². The first-order valence-electron chi connectivity index (χ1n) is 11.8. The van der Waals surface area contributed by atoms with Gasteiger partial charge in [0, 0.05) is 44.6 Å². The van der Waals surface area contributed by atoms with Crippen LogP contribution in [0, 0.1) is 29.4 Å². The standard InChI is InChI=1S/C27H36F2N2O2/c1-18(2)13-31(27(32)19(3)4)16-21-15-30(14-20-10-11-24(28)25(29)12-20)17-23(21)22-8-6-7-9-26(22)33-5/h6-12,18-19,21,23H,13-17H2,1-5H3/t21-,23+/m1/s1. The summed E-state index contributed by atoms with van der Waals surface area (Å²) in [7, 11) is 1.68. The molecule has 6 heteroatoms. The Morgan fingerprint density at radius 2 is 1.82 bits per heavy atom. The van der Waals surface area contributed by atoms with Crippen molar-refractivity contribution in [2.45, 2.75) is 40.2 Å². The predicted molar refractivity (Wildman–Crippen MR) is 127 cm³/mol. The van der Waals surface area contributed by atoms with Crippen LogP contribution in [0.1, 0.15) is 44.7 Å². The van der Waals surface area contributed by atoms with Crippen molar-refractivity contribution in [3.63, 3.8) is 0 Å². The van der Waals surface area contributed by atoms with E-state index in [0.29, 0.717) is 19.0 Å². The van der Waals surface area contributed by atoms with E-state index in [1.807, 2.05) is 36.9 Å². The number of nitrogens with zero attached hydrogens (tertiary/aromatic N) is 2. The third-order valence-corrected chi connectivity index (χ3v) is 6.29. The molecular weight excluding hydrogens is 422 g/mol. The van der Waals surface area contributed by atoms with Crippen LogP contribution >= 0.6 is 0 Å². The van der Waals surface area contributed by atoms with Crippen LogP contribution in [0.5, 0.6) is 5.75 Å². The van der Waals surface area contributed by atoms with Gasteiger partial charge in [0.2, 0.25) is 5.91 Å². The molecule has 0 radical (unpaired) electrons. The van der Waals surface area contributed by atoms with E-state index < -0.39 is 11.6 Å². The van der Waals surface area contributed by atoms with Crippen molar-refractivity contribution in [2.75, 3.05) is 33.3 Å². The van der Waals surface area contributed by atoms with Gasteiger partial charge in [-0.25, -0.2) is 8.78 Å². The molecule has 1 amide bonds. The number of hydrogen-bond acceptors (Lipinski definition) is 3. The molecule has 1 aliphatic heterocycles. The molecule has 0 aromatic heterocycles. The number of ether oxygens (including phenoxy) is 1. The summed E-state index contributed by atoms with van der Waals surface area (Å²) in [6.07, 6.45) is 0. The van der Waals surface area contributed by atoms with Crippen LogP contribution in [-0.2, 0) is 11.3 Å². The van der Waals surface area contributed by atoms with Gasteiger partial charge in [-0.15, -0.1) is 0 Å². The maximum atomic E-state index is 13.8. The van der Waals surface area contributed by atoms with Gasteiger partial charge in [0.25, 0.3) is 0 Å². The first kappa shape index (κ1) is 25.2. The molecule has 2 atom stereocenters. The van der Waals surface area contributed by atoms with Crippen molar-refractivity contribution >= 4 is 5.91 Å². The highest BCUT2D eigenvalue weighted by Gasteiger charge is 2.37. The number of methoxy groups -OCH3 is 1. The first-order valence-corrected chi connectivity index (χ1v) is 11.8. The minimum absolute atomic E-state index is 0.0619. The van der Waals surface area contributed by atoms with E-state index in [-0.39, 0.29) is 23.7 Å². The summed E-state index contributed by atoms with van der Waals surface area (Å²) < 4.78 is 32.8. The molecule has 1 heterocycles. The van der Waals surface area contributed by atoms with Crippen molar-refractivity contribution in [2.24, 2.45) is 17.8 Å². The van der Waals surface area contributed by atoms with Crippen molar-refractivity contribution in [1.82, 2.24) is 9.80 Å². The van der Waals surface area contributed by atoms with Crippen molar-refractivity contribution in [3.05, 3.63) is 65.2 Å². The normalized spacial score (nSPS) is 18.8. The van der Waals surface area contributed by atoms with Gasteiger partial charge < -0.3 is 9.64 Å². The lowest BCUT2D eigenvalue weighted by atomic mass is 9.87. The fourth-order valence-corrected chi connectivity index (χ4v) is 4.84. The average molecular weight is 459 g/mol. The SMILES string of the molecule is COc1ccccc1[C@H]1CN(Cc2ccc(F)c(F)c2)C[C@@H]1CN(CC(C)C)C(=O)C(C)C. The fourth-order valence-electron chi connectivity index (χ4n) is 4.84. The second-order valence-electron chi connectivity index (χ2n) is 9.84. The molecule has 2 aromatic carbocycles. The molecule has 33 heavy (non-hydrogen) atoms. The Morgan fingerprint density at radius 3 is 2.45 bits per heavy atom. The lowest BCUT2D eigenvalue weighted by Gasteiger charge is -2.31. The molecule has 1 fully saturated rings. The largest absolute Gasteiger partial charge is 0.496 e. The topological polar surface area (TPSA) is 32.8 Å². The summed E-state index contributed by atoms with van der Waals surface area (Å²) in [5.74, 6) is 0.0327. The van der Waals surface area contributed by atoms with Crippen LogP contribution in [0.4, 0.5) is 8.78 Å². The van der Waals surface area contributed by atoms with E-state index in [1.165, 1.54) is 12.1 Å². The lowest BCUT2D eigenvalue weighted by Crippen LogP contribution is -2.41. The molecule has 0 aliphatic carbocycles. The van der Waals surface area contributed by atoms with Crippen LogP contribution in [0.25, 0.3) is 0 Å². The minimum atomic E-state index is -0.832. The summed E-state index contributed by atoms with van der Waals surface area (Å²) in [5.41, 5.74) is 1.87. The number of hydrogen-bond donors (Lipinski definition) is 0. The zero-order valence-electron chi connectivity index (χ0n) is 20.4. The van der Waals surface area contributed by atoms with Gasteiger partial charge in [0.15, 0.2) is 11.6 Å². The highest BCUT2D eigenvalue weighted by Crippen LogP contribution is 2.38. The van der Waals surface area contributed by atoms with E-state index in [1.54, 1.807) is 13.2 Å². The van der Waals surface area contributed by atoms with Crippen LogP contribution in [-0.4, -0.2) is 49.0 Å². The second kappa shape index (κ2) is 11.1. The van der Waals surface area contributed by atoms with Crippen molar-refractivity contribution in [1.29, 1.82) is 0 Å². The van der Waals surface area contributed by atoms with Crippen LogP contribution in [0.15, 0.2) is 42.5 Å². The quantitative estimate of drug-likeness (QED) is 0.509. The molecule has 0 N–H and O–H groups in total. The van der Waals surface area contributed by atoms with Crippen LogP contribution < -0.4 is 4.74 Å². The van der Waals surface area contributed by atoms with E-state index in [9.17, 15) is 13.6 Å². The molecule has 1 saturated heterocycles. The highest BCUT2D eigenvalue weighted by molar-refractivity contribution is 5.78. The van der Waals surface area contributed by atoms with Gasteiger partial charge >= 0.3 is 0 Å². The maximum absolute atomic E-state index is 13.8. The van der Waals surface area contributed by atoms with E-state index >= 15 is 0 Å². The molecule has 3 rings (SSSR count). The van der Waals surface area contributed by atoms with Gasteiger partial charge in [0.1, 0.15) is 5.75 Å². The summed E-state index contributed by atoms with van der Waals surface area (Å²) in [5, 5.41) is 0. The number of para-hydroxylation sites is 1. The summed E-state index contributed by atoms with van der Waals surface area (Å²) in [6.45, 7) is 11.6. The number of carbonyl (C=O) groups is 1.